The number of hydrogen-bond donors (Lipinski definition) is 2. The summed E-state index contributed by atoms with van der Waals surface area (Å²) in [4.78, 5) is 35.0. The van der Waals surface area contributed by atoms with Gasteiger partial charge in [0.25, 0.3) is 5.69 Å². The number of rotatable bonds is 3. The van der Waals surface area contributed by atoms with Crippen molar-refractivity contribution >= 4 is 34.8 Å². The van der Waals surface area contributed by atoms with Gasteiger partial charge in [0, 0.05) is 17.3 Å². The summed E-state index contributed by atoms with van der Waals surface area (Å²) in [5.41, 5.74) is -0.396. The van der Waals surface area contributed by atoms with E-state index >= 15 is 0 Å². The smallest absolute Gasteiger partial charge is 0.313 e. The fraction of sp³-hybridized carbons (Fsp3) is 0.556. The van der Waals surface area contributed by atoms with E-state index in [2.05, 4.69) is 10.6 Å². The Labute approximate surface area is 155 Å². The van der Waals surface area contributed by atoms with Gasteiger partial charge in [-0.15, -0.1) is 0 Å². The maximum Gasteiger partial charge on any atom is 0.313 e. The molecule has 0 heterocycles. The van der Waals surface area contributed by atoms with Crippen LogP contribution in [0.2, 0.25) is 5.02 Å². The zero-order chi connectivity index (χ0) is 18.5. The average molecular weight is 378 g/mol. The summed E-state index contributed by atoms with van der Waals surface area (Å²) in [6.45, 7) is 0. The first kappa shape index (κ1) is 17.3. The van der Waals surface area contributed by atoms with E-state index in [1.807, 2.05) is 0 Å². The van der Waals surface area contributed by atoms with E-state index < -0.39 is 16.7 Å². The fourth-order valence-corrected chi connectivity index (χ4v) is 5.67. The first-order valence-corrected chi connectivity index (χ1v) is 9.29. The second kappa shape index (κ2) is 6.23. The second-order valence-electron chi connectivity index (χ2n) is 8.03. The fourth-order valence-electron chi connectivity index (χ4n) is 5.48. The minimum Gasteiger partial charge on any atom is -0.342 e. The van der Waals surface area contributed by atoms with Crippen LogP contribution in [0.15, 0.2) is 18.2 Å². The molecule has 0 spiro atoms. The van der Waals surface area contributed by atoms with Gasteiger partial charge in [-0.2, -0.15) is 0 Å². The Bertz CT molecular complexity index is 759. The number of amides is 2. The SMILES string of the molecule is O=C(Nc1ccc(Cl)c([N+](=O)[O-])c1)C(=O)NC12CC3CC(CC(C3)C1)C2. The molecule has 26 heavy (non-hydrogen) atoms. The summed E-state index contributed by atoms with van der Waals surface area (Å²) >= 11 is 5.76. The molecule has 0 aromatic heterocycles. The van der Waals surface area contributed by atoms with Crippen molar-refractivity contribution in [1.29, 1.82) is 0 Å². The molecule has 0 aliphatic heterocycles. The molecule has 7 nitrogen and oxygen atoms in total. The maximum atomic E-state index is 12.4. The molecule has 1 aromatic rings. The largest absolute Gasteiger partial charge is 0.342 e. The third kappa shape index (κ3) is 3.16. The molecule has 4 fully saturated rings. The van der Waals surface area contributed by atoms with Crippen LogP contribution in [0.4, 0.5) is 11.4 Å². The Morgan fingerprint density at radius 2 is 1.65 bits per heavy atom. The molecule has 2 amide bonds. The summed E-state index contributed by atoms with van der Waals surface area (Å²) < 4.78 is 0. The summed E-state index contributed by atoms with van der Waals surface area (Å²) in [5, 5.41) is 16.3. The summed E-state index contributed by atoms with van der Waals surface area (Å²) in [6, 6.07) is 3.91. The average Bonchev–Trinajstić information content (AvgIpc) is 2.54. The van der Waals surface area contributed by atoms with Crippen LogP contribution < -0.4 is 10.6 Å². The predicted molar refractivity (Wildman–Crippen MR) is 95.8 cm³/mol. The number of halogens is 1. The Kier molecular flexibility index (Phi) is 4.14. The summed E-state index contributed by atoms with van der Waals surface area (Å²) in [6.07, 6.45) is 6.58. The van der Waals surface area contributed by atoms with Gasteiger partial charge in [0.2, 0.25) is 0 Å². The first-order chi connectivity index (χ1) is 12.3. The molecule has 1 aromatic carbocycles. The lowest BCUT2D eigenvalue weighted by atomic mass is 9.53. The Morgan fingerprint density at radius 3 is 2.19 bits per heavy atom. The highest BCUT2D eigenvalue weighted by molar-refractivity contribution is 6.40. The van der Waals surface area contributed by atoms with Crippen molar-refractivity contribution in [3.05, 3.63) is 33.3 Å². The van der Waals surface area contributed by atoms with Crippen molar-refractivity contribution in [2.24, 2.45) is 17.8 Å². The van der Waals surface area contributed by atoms with Crippen LogP contribution in [-0.2, 0) is 9.59 Å². The van der Waals surface area contributed by atoms with Gasteiger partial charge in [0.05, 0.1) is 4.92 Å². The van der Waals surface area contributed by atoms with Gasteiger partial charge in [-0.1, -0.05) is 11.6 Å². The molecular formula is C18H20ClN3O4. The maximum absolute atomic E-state index is 12.4. The predicted octanol–water partition coefficient (Wildman–Crippen LogP) is 3.27. The van der Waals surface area contributed by atoms with Crippen LogP contribution in [-0.4, -0.2) is 22.3 Å². The molecule has 0 atom stereocenters. The van der Waals surface area contributed by atoms with E-state index in [-0.39, 0.29) is 21.9 Å². The number of nitrogens with one attached hydrogen (secondary N) is 2. The standard InChI is InChI=1S/C18H20ClN3O4/c19-14-2-1-13(6-15(14)22(25)26)20-16(23)17(24)21-18-7-10-3-11(8-18)5-12(4-10)9-18/h1-2,6,10-12H,3-5,7-9H2,(H,20,23)(H,21,24). The molecular weight excluding hydrogens is 358 g/mol. The highest BCUT2D eigenvalue weighted by Crippen LogP contribution is 2.55. The van der Waals surface area contributed by atoms with Crippen molar-refractivity contribution in [2.75, 3.05) is 5.32 Å². The van der Waals surface area contributed by atoms with Crippen LogP contribution in [0.5, 0.6) is 0 Å². The molecule has 8 heteroatoms. The molecule has 5 rings (SSSR count). The highest BCUT2D eigenvalue weighted by atomic mass is 35.5. The number of anilines is 1. The molecule has 4 aliphatic carbocycles. The lowest BCUT2D eigenvalue weighted by molar-refractivity contribution is -0.384. The molecule has 4 bridgehead atoms. The van der Waals surface area contributed by atoms with Crippen molar-refractivity contribution < 1.29 is 14.5 Å². The minimum atomic E-state index is -0.808. The number of nitro benzene ring substituents is 1. The number of nitro groups is 1. The number of benzene rings is 1. The Morgan fingerprint density at radius 1 is 1.08 bits per heavy atom. The van der Waals surface area contributed by atoms with Gasteiger partial charge in [-0.05, 0) is 68.4 Å². The van der Waals surface area contributed by atoms with E-state index in [9.17, 15) is 19.7 Å². The normalized spacial score (nSPS) is 31.5. The van der Waals surface area contributed by atoms with Crippen molar-refractivity contribution in [3.8, 4) is 0 Å². The Hall–Kier alpha value is -2.15. The summed E-state index contributed by atoms with van der Waals surface area (Å²) in [7, 11) is 0. The van der Waals surface area contributed by atoms with Gasteiger partial charge in [-0.3, -0.25) is 19.7 Å². The zero-order valence-electron chi connectivity index (χ0n) is 14.2. The zero-order valence-corrected chi connectivity index (χ0v) is 14.9. The Balaban J connectivity index is 1.43. The van der Waals surface area contributed by atoms with Crippen LogP contribution in [0.3, 0.4) is 0 Å². The summed E-state index contributed by atoms with van der Waals surface area (Å²) in [5.74, 6) is 0.484. The van der Waals surface area contributed by atoms with Gasteiger partial charge in [-0.25, -0.2) is 0 Å². The van der Waals surface area contributed by atoms with Crippen LogP contribution in [0.1, 0.15) is 38.5 Å². The highest BCUT2D eigenvalue weighted by Gasteiger charge is 2.51. The van der Waals surface area contributed by atoms with Crippen molar-refractivity contribution in [3.63, 3.8) is 0 Å². The molecule has 0 saturated heterocycles. The van der Waals surface area contributed by atoms with E-state index in [0.717, 1.165) is 25.3 Å². The molecule has 0 unspecified atom stereocenters. The van der Waals surface area contributed by atoms with Crippen LogP contribution >= 0.6 is 11.6 Å². The monoisotopic (exact) mass is 377 g/mol. The van der Waals surface area contributed by atoms with Gasteiger partial charge in [0.1, 0.15) is 5.02 Å². The van der Waals surface area contributed by atoms with Gasteiger partial charge in [0.15, 0.2) is 0 Å². The lowest BCUT2D eigenvalue weighted by Crippen LogP contribution is -2.61. The molecule has 4 saturated carbocycles. The van der Waals surface area contributed by atoms with Gasteiger partial charge >= 0.3 is 11.8 Å². The van der Waals surface area contributed by atoms with Crippen LogP contribution in [0.25, 0.3) is 0 Å². The number of hydrogen-bond acceptors (Lipinski definition) is 4. The molecule has 0 radical (unpaired) electrons. The first-order valence-electron chi connectivity index (χ1n) is 8.91. The molecule has 138 valence electrons. The van der Waals surface area contributed by atoms with E-state index in [1.54, 1.807) is 0 Å². The number of nitrogens with zero attached hydrogens (tertiary/aromatic N) is 1. The van der Waals surface area contributed by atoms with E-state index in [0.29, 0.717) is 17.8 Å². The lowest BCUT2D eigenvalue weighted by Gasteiger charge is -2.56. The minimum absolute atomic E-state index is 0.0222. The van der Waals surface area contributed by atoms with Crippen molar-refractivity contribution in [2.45, 2.75) is 44.1 Å². The van der Waals surface area contributed by atoms with Crippen molar-refractivity contribution in [1.82, 2.24) is 5.32 Å². The second-order valence-corrected chi connectivity index (χ2v) is 8.44. The number of carbonyl (C=O) groups is 2. The van der Waals surface area contributed by atoms with E-state index in [1.165, 1.54) is 31.4 Å². The third-order valence-electron chi connectivity index (χ3n) is 6.02. The number of carbonyl (C=O) groups excluding carboxylic acids is 2. The van der Waals surface area contributed by atoms with Crippen LogP contribution in [0, 0.1) is 27.9 Å². The molecule has 2 N–H and O–H groups in total. The van der Waals surface area contributed by atoms with E-state index in [4.69, 9.17) is 11.6 Å². The third-order valence-corrected chi connectivity index (χ3v) is 6.34. The molecule has 4 aliphatic rings. The quantitative estimate of drug-likeness (QED) is 0.479. The van der Waals surface area contributed by atoms with Gasteiger partial charge < -0.3 is 10.6 Å². The topological polar surface area (TPSA) is 101 Å².